The fraction of sp³-hybridized carbons (Fsp3) is 0.381. The molecular formula is C21H25N3O2S. The number of fused-ring (bicyclic) bond motifs is 1. The van der Waals surface area contributed by atoms with Crippen molar-refractivity contribution < 1.29 is 4.79 Å². The molecule has 27 heavy (non-hydrogen) atoms. The number of nitrogens with one attached hydrogen (secondary N) is 1. The molecule has 1 amide bonds. The predicted octanol–water partition coefficient (Wildman–Crippen LogP) is 4.07. The molecule has 0 saturated heterocycles. The van der Waals surface area contributed by atoms with E-state index in [1.807, 2.05) is 43.3 Å². The Balaban J connectivity index is 1.75. The highest BCUT2D eigenvalue weighted by Crippen LogP contribution is 2.30. The molecule has 0 saturated carbocycles. The van der Waals surface area contributed by atoms with E-state index in [1.54, 1.807) is 0 Å². The van der Waals surface area contributed by atoms with E-state index in [2.05, 4.69) is 24.1 Å². The topological polar surface area (TPSA) is 64.0 Å². The minimum atomic E-state index is -0.177. The molecule has 2 aromatic heterocycles. The zero-order chi connectivity index (χ0) is 19.4. The zero-order valence-electron chi connectivity index (χ0n) is 15.9. The third-order valence-corrected chi connectivity index (χ3v) is 5.57. The Hall–Kier alpha value is -2.47. The van der Waals surface area contributed by atoms with Crippen LogP contribution in [0.4, 0.5) is 0 Å². The SMILES string of the molecule is CC(C)CC[C@@H](C)NC(=O)Cn1cnc2sc(-c3ccccc3)cc2c1=O. The Kier molecular flexibility index (Phi) is 6.06. The van der Waals surface area contributed by atoms with E-state index in [0.717, 1.165) is 23.3 Å². The molecule has 3 rings (SSSR count). The summed E-state index contributed by atoms with van der Waals surface area (Å²) in [5.41, 5.74) is 0.881. The number of rotatable bonds is 7. The highest BCUT2D eigenvalue weighted by molar-refractivity contribution is 7.21. The van der Waals surface area contributed by atoms with E-state index >= 15 is 0 Å². The number of hydrogen-bond acceptors (Lipinski definition) is 4. The quantitative estimate of drug-likeness (QED) is 0.669. The van der Waals surface area contributed by atoms with Gasteiger partial charge in [-0.25, -0.2) is 4.98 Å². The lowest BCUT2D eigenvalue weighted by atomic mass is 10.0. The molecule has 6 heteroatoms. The van der Waals surface area contributed by atoms with Gasteiger partial charge < -0.3 is 5.32 Å². The van der Waals surface area contributed by atoms with Crippen LogP contribution in [0.15, 0.2) is 47.5 Å². The summed E-state index contributed by atoms with van der Waals surface area (Å²) in [7, 11) is 0. The Morgan fingerprint density at radius 1 is 1.19 bits per heavy atom. The maximum Gasteiger partial charge on any atom is 0.262 e. The molecule has 1 aromatic carbocycles. The second-order valence-electron chi connectivity index (χ2n) is 7.31. The average Bonchev–Trinajstić information content (AvgIpc) is 3.08. The second kappa shape index (κ2) is 8.48. The van der Waals surface area contributed by atoms with E-state index in [0.29, 0.717) is 16.1 Å². The molecule has 0 radical (unpaired) electrons. The van der Waals surface area contributed by atoms with Crippen molar-refractivity contribution in [2.45, 2.75) is 46.2 Å². The molecule has 0 bridgehead atoms. The molecule has 0 spiro atoms. The van der Waals surface area contributed by atoms with E-state index in [4.69, 9.17) is 0 Å². The van der Waals surface area contributed by atoms with Crippen molar-refractivity contribution in [3.63, 3.8) is 0 Å². The van der Waals surface area contributed by atoms with Crippen LogP contribution in [-0.4, -0.2) is 21.5 Å². The number of hydrogen-bond donors (Lipinski definition) is 1. The molecule has 5 nitrogen and oxygen atoms in total. The summed E-state index contributed by atoms with van der Waals surface area (Å²) >= 11 is 1.49. The van der Waals surface area contributed by atoms with Crippen LogP contribution in [0.2, 0.25) is 0 Å². The predicted molar refractivity (Wildman–Crippen MR) is 111 cm³/mol. The molecule has 3 aromatic rings. The lowest BCUT2D eigenvalue weighted by molar-refractivity contribution is -0.122. The summed E-state index contributed by atoms with van der Waals surface area (Å²) in [5, 5.41) is 3.52. The monoisotopic (exact) mass is 383 g/mol. The fourth-order valence-electron chi connectivity index (χ4n) is 2.95. The summed E-state index contributed by atoms with van der Waals surface area (Å²) in [6.45, 7) is 6.32. The molecule has 0 aliphatic rings. The van der Waals surface area contributed by atoms with Crippen LogP contribution in [0.25, 0.3) is 20.7 Å². The van der Waals surface area contributed by atoms with Crippen LogP contribution >= 0.6 is 11.3 Å². The lowest BCUT2D eigenvalue weighted by Gasteiger charge is -2.15. The van der Waals surface area contributed by atoms with Crippen LogP contribution in [0.5, 0.6) is 0 Å². The van der Waals surface area contributed by atoms with Gasteiger partial charge in [-0.1, -0.05) is 44.2 Å². The molecule has 142 valence electrons. The fourth-order valence-corrected chi connectivity index (χ4v) is 3.94. The van der Waals surface area contributed by atoms with Gasteiger partial charge in [0.2, 0.25) is 5.91 Å². The van der Waals surface area contributed by atoms with Crippen molar-refractivity contribution in [3.05, 3.63) is 53.1 Å². The summed E-state index contributed by atoms with van der Waals surface area (Å²) in [6.07, 6.45) is 3.46. The smallest absolute Gasteiger partial charge is 0.262 e. The van der Waals surface area contributed by atoms with Crippen molar-refractivity contribution in [1.82, 2.24) is 14.9 Å². The van der Waals surface area contributed by atoms with Gasteiger partial charge in [-0.3, -0.25) is 14.2 Å². The molecule has 1 N–H and O–H groups in total. The Morgan fingerprint density at radius 2 is 1.93 bits per heavy atom. The molecule has 0 fully saturated rings. The van der Waals surface area contributed by atoms with Crippen molar-refractivity contribution in [2.75, 3.05) is 0 Å². The van der Waals surface area contributed by atoms with Crippen molar-refractivity contribution >= 4 is 27.5 Å². The number of nitrogens with zero attached hydrogens (tertiary/aromatic N) is 2. The molecule has 0 aliphatic heterocycles. The van der Waals surface area contributed by atoms with Crippen molar-refractivity contribution in [2.24, 2.45) is 5.92 Å². The molecular weight excluding hydrogens is 358 g/mol. The van der Waals surface area contributed by atoms with Crippen LogP contribution in [0.3, 0.4) is 0 Å². The maximum absolute atomic E-state index is 12.8. The first-order valence-corrected chi connectivity index (χ1v) is 10.1. The average molecular weight is 384 g/mol. The minimum absolute atomic E-state index is 0.00961. The first-order valence-electron chi connectivity index (χ1n) is 9.28. The van der Waals surface area contributed by atoms with Crippen molar-refractivity contribution in [3.8, 4) is 10.4 Å². The van der Waals surface area contributed by atoms with E-state index in [9.17, 15) is 9.59 Å². The Bertz CT molecular complexity index is 976. The lowest BCUT2D eigenvalue weighted by Crippen LogP contribution is -2.37. The van der Waals surface area contributed by atoms with Gasteiger partial charge in [0.05, 0.1) is 11.7 Å². The second-order valence-corrected chi connectivity index (χ2v) is 8.34. The van der Waals surface area contributed by atoms with Gasteiger partial charge in [0, 0.05) is 10.9 Å². The van der Waals surface area contributed by atoms with Gasteiger partial charge in [-0.2, -0.15) is 0 Å². The minimum Gasteiger partial charge on any atom is -0.352 e. The first-order chi connectivity index (χ1) is 12.9. The number of carbonyl (C=O) groups excluding carboxylic acids is 1. The van der Waals surface area contributed by atoms with Gasteiger partial charge in [-0.15, -0.1) is 11.3 Å². The number of benzene rings is 1. The molecule has 0 aliphatic carbocycles. The van der Waals surface area contributed by atoms with Crippen LogP contribution < -0.4 is 10.9 Å². The first kappa shape index (κ1) is 19.3. The van der Waals surface area contributed by atoms with Gasteiger partial charge in [0.15, 0.2) is 0 Å². The van der Waals surface area contributed by atoms with Crippen LogP contribution in [-0.2, 0) is 11.3 Å². The van der Waals surface area contributed by atoms with Crippen molar-refractivity contribution in [1.29, 1.82) is 0 Å². The van der Waals surface area contributed by atoms with Gasteiger partial charge in [-0.05, 0) is 37.3 Å². The zero-order valence-corrected chi connectivity index (χ0v) is 16.8. The molecule has 2 heterocycles. The van der Waals surface area contributed by atoms with E-state index < -0.39 is 0 Å². The molecule has 1 atom stereocenters. The third kappa shape index (κ3) is 4.83. The largest absolute Gasteiger partial charge is 0.352 e. The Labute approximate surface area is 163 Å². The van der Waals surface area contributed by atoms with Gasteiger partial charge in [0.25, 0.3) is 5.56 Å². The highest BCUT2D eigenvalue weighted by atomic mass is 32.1. The summed E-state index contributed by atoms with van der Waals surface area (Å²) in [4.78, 5) is 31.1. The summed E-state index contributed by atoms with van der Waals surface area (Å²) < 4.78 is 1.38. The third-order valence-electron chi connectivity index (χ3n) is 4.47. The number of carbonyl (C=O) groups is 1. The normalized spacial score (nSPS) is 12.4. The maximum atomic E-state index is 12.8. The van der Waals surface area contributed by atoms with E-state index in [-0.39, 0.29) is 24.1 Å². The number of amides is 1. The summed E-state index contributed by atoms with van der Waals surface area (Å²) in [5.74, 6) is 0.448. The van der Waals surface area contributed by atoms with Gasteiger partial charge >= 0.3 is 0 Å². The van der Waals surface area contributed by atoms with E-state index in [1.165, 1.54) is 22.2 Å². The molecule has 0 unspecified atom stereocenters. The summed E-state index contributed by atoms with van der Waals surface area (Å²) in [6, 6.07) is 11.9. The van der Waals surface area contributed by atoms with Crippen LogP contribution in [0.1, 0.15) is 33.6 Å². The number of aromatic nitrogens is 2. The standard InChI is InChI=1S/C21H25N3O2S/c1-14(2)9-10-15(3)23-19(25)12-24-13-22-20-17(21(24)26)11-18(27-20)16-7-5-4-6-8-16/h4-8,11,13-15H,9-10,12H2,1-3H3,(H,23,25)/t15-/m1/s1. The van der Waals surface area contributed by atoms with Crippen LogP contribution in [0, 0.1) is 5.92 Å². The highest BCUT2D eigenvalue weighted by Gasteiger charge is 2.13. The Morgan fingerprint density at radius 3 is 2.63 bits per heavy atom. The van der Waals surface area contributed by atoms with Gasteiger partial charge in [0.1, 0.15) is 11.4 Å². The number of thiophene rings is 1.